The minimum Gasteiger partial charge on any atom is -0.493 e. The van der Waals surface area contributed by atoms with Gasteiger partial charge < -0.3 is 10.1 Å². The van der Waals surface area contributed by atoms with E-state index < -0.39 is 0 Å². The lowest BCUT2D eigenvalue weighted by atomic mass is 10.2. The maximum Gasteiger partial charge on any atom is 0.209 e. The van der Waals surface area contributed by atoms with E-state index in [1.165, 1.54) is 0 Å². The molecular weight excluding hydrogens is 366 g/mol. The fourth-order valence-electron chi connectivity index (χ4n) is 1.82. The first-order chi connectivity index (χ1) is 10.7. The summed E-state index contributed by atoms with van der Waals surface area (Å²) in [7, 11) is 1.84. The number of nitrogens with one attached hydrogen (secondary N) is 1. The minimum absolute atomic E-state index is 0.740. The third-order valence-corrected chi connectivity index (χ3v) is 4.40. The predicted molar refractivity (Wildman–Crippen MR) is 91.2 cm³/mol. The normalized spacial score (nSPS) is 10.9. The van der Waals surface area contributed by atoms with Crippen LogP contribution in [-0.2, 0) is 13.6 Å². The lowest BCUT2D eigenvalue weighted by molar-refractivity contribution is 0.313. The van der Waals surface area contributed by atoms with Gasteiger partial charge in [0.15, 0.2) is 0 Å². The summed E-state index contributed by atoms with van der Waals surface area (Å²) in [5, 5.41) is 15.6. The molecule has 1 aromatic heterocycles. The van der Waals surface area contributed by atoms with Crippen molar-refractivity contribution < 1.29 is 4.74 Å². The highest BCUT2D eigenvalue weighted by Crippen LogP contribution is 2.23. The van der Waals surface area contributed by atoms with Gasteiger partial charge in [-0.1, -0.05) is 34.6 Å². The maximum atomic E-state index is 5.78. The number of halogens is 1. The minimum atomic E-state index is 0.740. The summed E-state index contributed by atoms with van der Waals surface area (Å²) in [6.45, 7) is 4.49. The van der Waals surface area contributed by atoms with E-state index in [-0.39, 0.29) is 0 Å². The Hall–Kier alpha value is -1.12. The molecule has 0 amide bonds. The Bertz CT molecular complexity index is 592. The Labute approximate surface area is 143 Å². The van der Waals surface area contributed by atoms with Gasteiger partial charge in [-0.15, -0.1) is 5.10 Å². The van der Waals surface area contributed by atoms with Crippen LogP contribution in [0.1, 0.15) is 18.9 Å². The van der Waals surface area contributed by atoms with Gasteiger partial charge in [-0.2, -0.15) is 0 Å². The molecule has 2 rings (SSSR count). The fourth-order valence-corrected chi connectivity index (χ4v) is 2.98. The number of hydrogen-bond donors (Lipinski definition) is 1. The molecule has 0 saturated heterocycles. The molecule has 0 aliphatic heterocycles. The first-order valence-electron chi connectivity index (χ1n) is 7.17. The second kappa shape index (κ2) is 9.12. The van der Waals surface area contributed by atoms with Gasteiger partial charge in [-0.25, -0.2) is 4.68 Å². The second-order valence-electron chi connectivity index (χ2n) is 4.71. The molecule has 0 aliphatic carbocycles. The fraction of sp³-hybridized carbons (Fsp3) is 0.500. The molecule has 120 valence electrons. The van der Waals surface area contributed by atoms with E-state index in [9.17, 15) is 0 Å². The highest BCUT2D eigenvalue weighted by Gasteiger charge is 2.05. The van der Waals surface area contributed by atoms with E-state index in [4.69, 9.17) is 4.74 Å². The molecule has 0 radical (unpaired) electrons. The van der Waals surface area contributed by atoms with Gasteiger partial charge in [0.25, 0.3) is 0 Å². The number of rotatable bonds is 9. The van der Waals surface area contributed by atoms with Crippen LogP contribution in [0.3, 0.4) is 0 Å². The topological polar surface area (TPSA) is 64.9 Å². The molecule has 0 aliphatic rings. The summed E-state index contributed by atoms with van der Waals surface area (Å²) in [5.41, 5.74) is 1.16. The summed E-state index contributed by atoms with van der Waals surface area (Å²) in [5.74, 6) is 1.86. The number of aromatic nitrogens is 4. The van der Waals surface area contributed by atoms with Crippen molar-refractivity contribution in [3.8, 4) is 5.75 Å². The van der Waals surface area contributed by atoms with Crippen LogP contribution in [0.25, 0.3) is 0 Å². The first kappa shape index (κ1) is 17.2. The summed E-state index contributed by atoms with van der Waals surface area (Å²) >= 11 is 5.14. The van der Waals surface area contributed by atoms with E-state index >= 15 is 0 Å². The lowest BCUT2D eigenvalue weighted by Crippen LogP contribution is -2.17. The van der Waals surface area contributed by atoms with Gasteiger partial charge in [0.05, 0.1) is 6.61 Å². The smallest absolute Gasteiger partial charge is 0.209 e. The van der Waals surface area contributed by atoms with Gasteiger partial charge in [-0.3, -0.25) is 0 Å². The molecule has 0 spiro atoms. The molecular formula is C14H20BrN5OS. The third-order valence-electron chi connectivity index (χ3n) is 2.89. The van der Waals surface area contributed by atoms with Crippen LogP contribution in [0.4, 0.5) is 0 Å². The van der Waals surface area contributed by atoms with E-state index in [2.05, 4.69) is 49.8 Å². The molecule has 1 heterocycles. The Morgan fingerprint density at radius 3 is 3.00 bits per heavy atom. The van der Waals surface area contributed by atoms with E-state index in [1.807, 2.05) is 19.2 Å². The predicted octanol–water partition coefficient (Wildman–Crippen LogP) is 2.64. The van der Waals surface area contributed by atoms with Crippen molar-refractivity contribution in [2.24, 2.45) is 7.05 Å². The molecule has 0 fully saturated rings. The van der Waals surface area contributed by atoms with Gasteiger partial charge in [-0.05, 0) is 35.0 Å². The highest BCUT2D eigenvalue weighted by atomic mass is 79.9. The first-order valence-corrected chi connectivity index (χ1v) is 8.95. The molecule has 2 aromatic rings. The quantitative estimate of drug-likeness (QED) is 0.528. The van der Waals surface area contributed by atoms with Crippen LogP contribution in [0.15, 0.2) is 27.8 Å². The van der Waals surface area contributed by atoms with Gasteiger partial charge in [0.2, 0.25) is 5.16 Å². The number of ether oxygens (including phenoxy) is 1. The zero-order valence-electron chi connectivity index (χ0n) is 12.8. The van der Waals surface area contributed by atoms with Crippen LogP contribution >= 0.6 is 27.7 Å². The van der Waals surface area contributed by atoms with Gasteiger partial charge in [0, 0.05) is 35.9 Å². The number of benzene rings is 1. The van der Waals surface area contributed by atoms with Crippen molar-refractivity contribution >= 4 is 27.7 Å². The zero-order chi connectivity index (χ0) is 15.8. The molecule has 1 aromatic carbocycles. The van der Waals surface area contributed by atoms with E-state index in [0.29, 0.717) is 0 Å². The summed E-state index contributed by atoms with van der Waals surface area (Å²) < 4.78 is 8.52. The molecule has 0 bridgehead atoms. The van der Waals surface area contributed by atoms with Crippen molar-refractivity contribution in [2.45, 2.75) is 25.0 Å². The zero-order valence-corrected chi connectivity index (χ0v) is 15.2. The van der Waals surface area contributed by atoms with Gasteiger partial charge >= 0.3 is 0 Å². The molecule has 6 nitrogen and oxygen atoms in total. The van der Waals surface area contributed by atoms with Crippen LogP contribution in [-0.4, -0.2) is 39.1 Å². The second-order valence-corrected chi connectivity index (χ2v) is 6.69. The summed E-state index contributed by atoms with van der Waals surface area (Å²) in [6.07, 6.45) is 1.01. The largest absolute Gasteiger partial charge is 0.493 e. The number of thioether (sulfide) groups is 1. The van der Waals surface area contributed by atoms with Crippen LogP contribution in [0, 0.1) is 0 Å². The molecule has 0 saturated carbocycles. The SMILES string of the molecule is CCCOc1ccc(Br)cc1CNCCSc1nnnn1C. The average Bonchev–Trinajstić information content (AvgIpc) is 2.91. The van der Waals surface area contributed by atoms with Crippen LogP contribution in [0.2, 0.25) is 0 Å². The summed E-state index contributed by atoms with van der Waals surface area (Å²) in [4.78, 5) is 0. The Balaban J connectivity index is 1.78. The van der Waals surface area contributed by atoms with Crippen LogP contribution in [0.5, 0.6) is 5.75 Å². The highest BCUT2D eigenvalue weighted by molar-refractivity contribution is 9.10. The number of tetrazole rings is 1. The summed E-state index contributed by atoms with van der Waals surface area (Å²) in [6, 6.07) is 6.11. The Morgan fingerprint density at radius 2 is 2.27 bits per heavy atom. The van der Waals surface area contributed by atoms with Crippen molar-refractivity contribution in [1.29, 1.82) is 0 Å². The molecule has 0 atom stereocenters. The van der Waals surface area contributed by atoms with Crippen molar-refractivity contribution in [2.75, 3.05) is 18.9 Å². The Kier molecular flexibility index (Phi) is 7.14. The van der Waals surface area contributed by atoms with E-state index in [0.717, 1.165) is 52.8 Å². The monoisotopic (exact) mass is 385 g/mol. The number of hydrogen-bond acceptors (Lipinski definition) is 6. The van der Waals surface area contributed by atoms with Crippen LogP contribution < -0.4 is 10.1 Å². The van der Waals surface area contributed by atoms with Gasteiger partial charge in [0.1, 0.15) is 5.75 Å². The molecule has 22 heavy (non-hydrogen) atoms. The maximum absolute atomic E-state index is 5.78. The van der Waals surface area contributed by atoms with E-state index in [1.54, 1.807) is 16.4 Å². The molecule has 1 N–H and O–H groups in total. The Morgan fingerprint density at radius 1 is 1.41 bits per heavy atom. The van der Waals surface area contributed by atoms with Crippen molar-refractivity contribution in [3.05, 3.63) is 28.2 Å². The third kappa shape index (κ3) is 5.26. The molecule has 0 unspecified atom stereocenters. The standard InChI is InChI=1S/C14H20BrN5OS/c1-3-7-21-13-5-4-12(15)9-11(13)10-16-6-8-22-14-17-18-19-20(14)2/h4-5,9,16H,3,6-8,10H2,1-2H3. The lowest BCUT2D eigenvalue weighted by Gasteiger charge is -2.12. The number of nitrogens with zero attached hydrogens (tertiary/aromatic N) is 4. The van der Waals surface area contributed by atoms with Crippen molar-refractivity contribution in [1.82, 2.24) is 25.5 Å². The van der Waals surface area contributed by atoms with Crippen molar-refractivity contribution in [3.63, 3.8) is 0 Å². The molecule has 8 heteroatoms. The average molecular weight is 386 g/mol. The number of aryl methyl sites for hydroxylation is 1.